The molecule has 0 aromatic heterocycles. The quantitative estimate of drug-likeness (QED) is 0.212. The van der Waals surface area contributed by atoms with Crippen LogP contribution in [0, 0.1) is 11.3 Å². The van der Waals surface area contributed by atoms with Gasteiger partial charge >= 0.3 is 5.97 Å². The van der Waals surface area contributed by atoms with Crippen molar-refractivity contribution >= 4 is 29.7 Å². The van der Waals surface area contributed by atoms with Gasteiger partial charge < -0.3 is 21.1 Å². The number of rotatable bonds is 12. The minimum atomic E-state index is -0.969. The van der Waals surface area contributed by atoms with E-state index in [0.29, 0.717) is 31.5 Å². The van der Waals surface area contributed by atoms with Gasteiger partial charge in [0, 0.05) is 30.8 Å². The van der Waals surface area contributed by atoms with Gasteiger partial charge in [0.25, 0.3) is 0 Å². The van der Waals surface area contributed by atoms with Crippen LogP contribution < -0.4 is 11.1 Å². The van der Waals surface area contributed by atoms with E-state index in [1.54, 1.807) is 35.2 Å². The van der Waals surface area contributed by atoms with Crippen LogP contribution in [0.1, 0.15) is 42.4 Å². The molecule has 1 saturated heterocycles. The van der Waals surface area contributed by atoms with Gasteiger partial charge in [0.05, 0.1) is 12.3 Å². The smallest absolute Gasteiger partial charge is 0.304 e. The van der Waals surface area contributed by atoms with E-state index in [2.05, 4.69) is 17.4 Å². The van der Waals surface area contributed by atoms with Crippen LogP contribution in [-0.4, -0.2) is 52.8 Å². The maximum atomic E-state index is 12.9. The molecule has 2 aromatic carbocycles. The predicted octanol–water partition coefficient (Wildman–Crippen LogP) is 2.81. The van der Waals surface area contributed by atoms with Gasteiger partial charge in [-0.05, 0) is 42.9 Å². The average Bonchev–Trinajstić information content (AvgIpc) is 3.12. The van der Waals surface area contributed by atoms with Crippen LogP contribution in [0.15, 0.2) is 60.7 Å². The number of nitrogen functional groups attached to an aromatic ring is 1. The van der Waals surface area contributed by atoms with Crippen LogP contribution in [0.25, 0.3) is 6.08 Å². The Labute approximate surface area is 205 Å². The summed E-state index contributed by atoms with van der Waals surface area (Å²) in [6.07, 6.45) is 5.65. The molecule has 8 nitrogen and oxygen atoms in total. The highest BCUT2D eigenvalue weighted by atomic mass is 16.4. The van der Waals surface area contributed by atoms with E-state index in [1.165, 1.54) is 11.6 Å². The molecular formula is C27H32N4O4. The van der Waals surface area contributed by atoms with Crippen molar-refractivity contribution in [2.24, 2.45) is 11.7 Å². The molecule has 0 unspecified atom stereocenters. The first-order valence-electron chi connectivity index (χ1n) is 11.8. The Hall–Kier alpha value is -3.94. The Morgan fingerprint density at radius 2 is 1.86 bits per heavy atom. The van der Waals surface area contributed by atoms with Crippen LogP contribution in [0.3, 0.4) is 0 Å². The number of nitrogens with zero attached hydrogens (tertiary/aromatic N) is 1. The number of aryl methyl sites for hydroxylation is 1. The minimum absolute atomic E-state index is 0.0108. The summed E-state index contributed by atoms with van der Waals surface area (Å²) in [5.41, 5.74) is 8.08. The highest BCUT2D eigenvalue weighted by molar-refractivity contribution is 5.95. The summed E-state index contributed by atoms with van der Waals surface area (Å²) in [7, 11) is 0. The van der Waals surface area contributed by atoms with Gasteiger partial charge in [-0.3, -0.25) is 19.8 Å². The summed E-state index contributed by atoms with van der Waals surface area (Å²) in [5, 5.41) is 19.4. The van der Waals surface area contributed by atoms with Crippen LogP contribution in [0.2, 0.25) is 0 Å². The first-order chi connectivity index (χ1) is 16.8. The van der Waals surface area contributed by atoms with Gasteiger partial charge in [0.2, 0.25) is 11.8 Å². The molecular weight excluding hydrogens is 444 g/mol. The number of carbonyl (C=O) groups excluding carboxylic acids is 2. The summed E-state index contributed by atoms with van der Waals surface area (Å²) in [6.45, 7) is 0.956. The Kier molecular flexibility index (Phi) is 9.17. The number of amides is 2. The largest absolute Gasteiger partial charge is 0.481 e. The molecule has 1 aliphatic heterocycles. The lowest BCUT2D eigenvalue weighted by atomic mass is 10.00. The first-order valence-corrected chi connectivity index (χ1v) is 11.8. The summed E-state index contributed by atoms with van der Waals surface area (Å²) in [4.78, 5) is 38.1. The zero-order valence-electron chi connectivity index (χ0n) is 19.7. The zero-order chi connectivity index (χ0) is 25.2. The molecule has 1 heterocycles. The van der Waals surface area contributed by atoms with Crippen molar-refractivity contribution in [2.75, 3.05) is 13.1 Å². The lowest BCUT2D eigenvalue weighted by molar-refractivity contribution is -0.142. The van der Waals surface area contributed by atoms with Gasteiger partial charge in [-0.1, -0.05) is 54.6 Å². The minimum Gasteiger partial charge on any atom is -0.481 e. The van der Waals surface area contributed by atoms with Crippen LogP contribution in [0.5, 0.6) is 0 Å². The standard InChI is InChI=1S/C27H32N4O4/c28-26(29)21-11-8-20(9-12-21)10-13-24(32)30-15-14-23-17-22(18-25(33)34)27(35)31(23)16-4-7-19-5-2-1-3-6-19/h1-3,5-6,8-13,22-23H,4,7,14-18H2,(H3,28,29)(H,30,32)(H,33,34)/t22-,23+/m0/s1. The van der Waals surface area contributed by atoms with Crippen molar-refractivity contribution in [2.45, 2.75) is 38.1 Å². The first kappa shape index (κ1) is 25.7. The topological polar surface area (TPSA) is 137 Å². The highest BCUT2D eigenvalue weighted by Crippen LogP contribution is 2.29. The fraction of sp³-hybridized carbons (Fsp3) is 0.333. The molecule has 0 radical (unpaired) electrons. The molecule has 5 N–H and O–H groups in total. The van der Waals surface area contributed by atoms with Crippen molar-refractivity contribution in [3.63, 3.8) is 0 Å². The Bertz CT molecular complexity index is 1070. The number of nitrogens with two attached hydrogens (primary N) is 1. The predicted molar refractivity (Wildman–Crippen MR) is 135 cm³/mol. The van der Waals surface area contributed by atoms with E-state index in [1.807, 2.05) is 18.2 Å². The van der Waals surface area contributed by atoms with Crippen molar-refractivity contribution in [1.29, 1.82) is 5.41 Å². The second kappa shape index (κ2) is 12.5. The fourth-order valence-electron chi connectivity index (χ4n) is 4.38. The van der Waals surface area contributed by atoms with Gasteiger partial charge in [-0.2, -0.15) is 0 Å². The Morgan fingerprint density at radius 1 is 1.14 bits per heavy atom. The summed E-state index contributed by atoms with van der Waals surface area (Å²) >= 11 is 0. The maximum Gasteiger partial charge on any atom is 0.304 e. The van der Waals surface area contributed by atoms with E-state index in [-0.39, 0.29) is 30.1 Å². The van der Waals surface area contributed by atoms with Crippen molar-refractivity contribution in [3.8, 4) is 0 Å². The number of amidine groups is 1. The zero-order valence-corrected chi connectivity index (χ0v) is 19.7. The number of carboxylic acids is 1. The highest BCUT2D eigenvalue weighted by Gasteiger charge is 2.39. The number of carbonyl (C=O) groups is 3. The van der Waals surface area contributed by atoms with Crippen molar-refractivity contribution < 1.29 is 19.5 Å². The normalized spacial score (nSPS) is 17.6. The number of aliphatic carboxylic acids is 1. The molecule has 1 fully saturated rings. The van der Waals surface area contributed by atoms with E-state index in [9.17, 15) is 19.5 Å². The molecule has 2 amide bonds. The molecule has 35 heavy (non-hydrogen) atoms. The van der Waals surface area contributed by atoms with Crippen molar-refractivity contribution in [3.05, 3.63) is 77.4 Å². The monoisotopic (exact) mass is 476 g/mol. The van der Waals surface area contributed by atoms with E-state index in [0.717, 1.165) is 18.4 Å². The van der Waals surface area contributed by atoms with Gasteiger partial charge in [-0.15, -0.1) is 0 Å². The van der Waals surface area contributed by atoms with Gasteiger partial charge in [0.15, 0.2) is 0 Å². The second-order valence-corrected chi connectivity index (χ2v) is 8.75. The third-order valence-electron chi connectivity index (χ3n) is 6.18. The molecule has 0 aliphatic carbocycles. The molecule has 184 valence electrons. The van der Waals surface area contributed by atoms with Crippen LogP contribution >= 0.6 is 0 Å². The van der Waals surface area contributed by atoms with E-state index >= 15 is 0 Å². The Balaban J connectivity index is 1.51. The third-order valence-corrected chi connectivity index (χ3v) is 6.18. The number of carboxylic acid groups (broad SMARTS) is 1. The number of likely N-dealkylation sites (tertiary alicyclic amines) is 1. The van der Waals surface area contributed by atoms with Gasteiger partial charge in [-0.25, -0.2) is 0 Å². The molecule has 1 aliphatic rings. The maximum absolute atomic E-state index is 12.9. The molecule has 2 atom stereocenters. The molecule has 0 spiro atoms. The van der Waals surface area contributed by atoms with Crippen LogP contribution in [-0.2, 0) is 20.8 Å². The van der Waals surface area contributed by atoms with Gasteiger partial charge in [0.1, 0.15) is 5.84 Å². The van der Waals surface area contributed by atoms with Crippen molar-refractivity contribution in [1.82, 2.24) is 10.2 Å². The number of hydrogen-bond acceptors (Lipinski definition) is 4. The lowest BCUT2D eigenvalue weighted by Crippen LogP contribution is -2.37. The van der Waals surface area contributed by atoms with E-state index < -0.39 is 11.9 Å². The molecule has 3 rings (SSSR count). The Morgan fingerprint density at radius 3 is 2.51 bits per heavy atom. The van der Waals surface area contributed by atoms with Crippen LogP contribution in [0.4, 0.5) is 0 Å². The number of hydrogen-bond donors (Lipinski definition) is 4. The fourth-order valence-corrected chi connectivity index (χ4v) is 4.38. The third kappa shape index (κ3) is 7.81. The summed E-state index contributed by atoms with van der Waals surface area (Å²) < 4.78 is 0. The molecule has 2 aromatic rings. The lowest BCUT2D eigenvalue weighted by Gasteiger charge is -2.25. The molecule has 0 saturated carbocycles. The summed E-state index contributed by atoms with van der Waals surface area (Å²) in [6, 6.07) is 16.9. The van der Waals surface area contributed by atoms with E-state index in [4.69, 9.17) is 11.1 Å². The molecule has 8 heteroatoms. The molecule has 0 bridgehead atoms. The summed E-state index contributed by atoms with van der Waals surface area (Å²) in [5.74, 6) is -1.84. The number of nitrogens with one attached hydrogen (secondary N) is 2. The average molecular weight is 477 g/mol. The SMILES string of the molecule is N=C(N)c1ccc(C=CC(=O)NCC[C@@H]2C[C@@H](CC(=O)O)C(=O)N2CCCc2ccccc2)cc1. The second-order valence-electron chi connectivity index (χ2n) is 8.75. The number of benzene rings is 2.